The fraction of sp³-hybridized carbons (Fsp3) is 0.316. The fourth-order valence-electron chi connectivity index (χ4n) is 3.10. The van der Waals surface area contributed by atoms with Crippen molar-refractivity contribution in [2.75, 3.05) is 13.7 Å². The summed E-state index contributed by atoms with van der Waals surface area (Å²) in [6.07, 6.45) is -3.62. The van der Waals surface area contributed by atoms with Crippen LogP contribution in [-0.4, -0.2) is 19.7 Å². The second-order valence-corrected chi connectivity index (χ2v) is 6.18. The quantitative estimate of drug-likeness (QED) is 0.847. The first kappa shape index (κ1) is 18.1. The number of ether oxygens (including phenoxy) is 1. The molecule has 4 nitrogen and oxygen atoms in total. The van der Waals surface area contributed by atoms with Gasteiger partial charge in [-0.1, -0.05) is 30.3 Å². The number of carbonyl (C=O) groups excluding carboxylic acids is 1. The standard InChI is InChI=1S/C19H19F3N2O2/c1-26-15-7-6-13(17(9-15)19(20,21)22)10-23-18(25)24-11-14-8-12-4-2-3-5-16(12)14/h2-7,9,14H,8,10-11H2,1H3,(H2,23,24,25)/t14-/m1/s1. The summed E-state index contributed by atoms with van der Waals surface area (Å²) in [6, 6.07) is 11.2. The lowest BCUT2D eigenvalue weighted by Gasteiger charge is -2.30. The van der Waals surface area contributed by atoms with E-state index in [1.54, 1.807) is 0 Å². The third-order valence-corrected chi connectivity index (χ3v) is 4.53. The van der Waals surface area contributed by atoms with Crippen LogP contribution in [0.1, 0.15) is 28.2 Å². The van der Waals surface area contributed by atoms with Crippen LogP contribution in [0.25, 0.3) is 0 Å². The molecule has 0 heterocycles. The average Bonchev–Trinajstić information content (AvgIpc) is 2.59. The van der Waals surface area contributed by atoms with Crippen LogP contribution in [0.2, 0.25) is 0 Å². The highest BCUT2D eigenvalue weighted by molar-refractivity contribution is 5.74. The monoisotopic (exact) mass is 364 g/mol. The summed E-state index contributed by atoms with van der Waals surface area (Å²) in [4.78, 5) is 11.9. The van der Waals surface area contributed by atoms with E-state index in [1.165, 1.54) is 30.4 Å². The number of hydrogen-bond donors (Lipinski definition) is 2. The maximum Gasteiger partial charge on any atom is 0.416 e. The molecular formula is C19H19F3N2O2. The molecule has 0 radical (unpaired) electrons. The van der Waals surface area contributed by atoms with Gasteiger partial charge in [0.1, 0.15) is 5.75 Å². The molecule has 2 aromatic carbocycles. The molecule has 1 aliphatic rings. The number of benzene rings is 2. The van der Waals surface area contributed by atoms with Crippen LogP contribution in [0, 0.1) is 0 Å². The van der Waals surface area contributed by atoms with Crippen LogP contribution >= 0.6 is 0 Å². The molecule has 2 aromatic rings. The Balaban J connectivity index is 1.55. The summed E-state index contributed by atoms with van der Waals surface area (Å²) < 4.78 is 44.3. The van der Waals surface area contributed by atoms with E-state index in [0.29, 0.717) is 6.54 Å². The number of urea groups is 1. The number of nitrogens with one attached hydrogen (secondary N) is 2. The van der Waals surface area contributed by atoms with Gasteiger partial charge < -0.3 is 15.4 Å². The average molecular weight is 364 g/mol. The van der Waals surface area contributed by atoms with Crippen LogP contribution in [0.15, 0.2) is 42.5 Å². The lowest BCUT2D eigenvalue weighted by molar-refractivity contribution is -0.138. The number of carbonyl (C=O) groups is 1. The van der Waals surface area contributed by atoms with E-state index in [4.69, 9.17) is 4.74 Å². The molecule has 0 saturated heterocycles. The number of methoxy groups -OCH3 is 1. The summed E-state index contributed by atoms with van der Waals surface area (Å²) in [7, 11) is 1.31. The molecule has 0 spiro atoms. The minimum absolute atomic E-state index is 0.0116. The minimum atomic E-state index is -4.52. The lowest BCUT2D eigenvalue weighted by atomic mass is 9.78. The van der Waals surface area contributed by atoms with Gasteiger partial charge in [0.25, 0.3) is 0 Å². The van der Waals surface area contributed by atoms with E-state index in [-0.39, 0.29) is 23.8 Å². The van der Waals surface area contributed by atoms with E-state index in [0.717, 1.165) is 12.5 Å². The van der Waals surface area contributed by atoms with Crippen LogP contribution < -0.4 is 15.4 Å². The zero-order chi connectivity index (χ0) is 18.7. The zero-order valence-electron chi connectivity index (χ0n) is 14.2. The molecule has 0 fully saturated rings. The van der Waals surface area contributed by atoms with Crippen molar-refractivity contribution in [3.05, 3.63) is 64.7 Å². The summed E-state index contributed by atoms with van der Waals surface area (Å²) in [5.41, 5.74) is 1.66. The predicted octanol–water partition coefficient (Wildman–Crippen LogP) is 3.85. The van der Waals surface area contributed by atoms with Crippen molar-refractivity contribution in [1.82, 2.24) is 10.6 Å². The lowest BCUT2D eigenvalue weighted by Crippen LogP contribution is -2.39. The van der Waals surface area contributed by atoms with Crippen molar-refractivity contribution >= 4 is 6.03 Å². The van der Waals surface area contributed by atoms with Gasteiger partial charge in [0.15, 0.2) is 0 Å². The molecule has 0 bridgehead atoms. The number of halogens is 3. The molecule has 2 N–H and O–H groups in total. The maximum atomic E-state index is 13.2. The predicted molar refractivity (Wildman–Crippen MR) is 91.1 cm³/mol. The Kier molecular flexibility index (Phi) is 5.06. The molecule has 7 heteroatoms. The number of fused-ring (bicyclic) bond motifs is 1. The summed E-state index contributed by atoms with van der Waals surface area (Å²) in [5.74, 6) is 0.373. The Labute approximate surface area is 149 Å². The van der Waals surface area contributed by atoms with Crippen molar-refractivity contribution in [2.24, 2.45) is 0 Å². The van der Waals surface area contributed by atoms with Gasteiger partial charge in [0, 0.05) is 19.0 Å². The van der Waals surface area contributed by atoms with Crippen LogP contribution in [0.3, 0.4) is 0 Å². The van der Waals surface area contributed by atoms with E-state index in [9.17, 15) is 18.0 Å². The van der Waals surface area contributed by atoms with Gasteiger partial charge in [-0.2, -0.15) is 13.2 Å². The molecule has 26 heavy (non-hydrogen) atoms. The van der Waals surface area contributed by atoms with Gasteiger partial charge in [-0.25, -0.2) is 4.79 Å². The van der Waals surface area contributed by atoms with Crippen molar-refractivity contribution < 1.29 is 22.7 Å². The topological polar surface area (TPSA) is 50.4 Å². The SMILES string of the molecule is COc1ccc(CNC(=O)NC[C@H]2Cc3ccccc32)c(C(F)(F)F)c1. The van der Waals surface area contributed by atoms with E-state index < -0.39 is 17.8 Å². The van der Waals surface area contributed by atoms with Gasteiger partial charge in [0.2, 0.25) is 0 Å². The van der Waals surface area contributed by atoms with Crippen LogP contribution in [0.5, 0.6) is 5.75 Å². The third-order valence-electron chi connectivity index (χ3n) is 4.53. The zero-order valence-corrected chi connectivity index (χ0v) is 14.2. The van der Waals surface area contributed by atoms with Crippen LogP contribution in [-0.2, 0) is 19.1 Å². The van der Waals surface area contributed by atoms with Crippen LogP contribution in [0.4, 0.5) is 18.0 Å². The Hall–Kier alpha value is -2.70. The number of alkyl halides is 3. The molecule has 2 amide bonds. The van der Waals surface area contributed by atoms with E-state index in [2.05, 4.69) is 10.6 Å². The molecule has 0 saturated carbocycles. The Bertz CT molecular complexity index is 806. The summed E-state index contributed by atoms with van der Waals surface area (Å²) in [5, 5.41) is 5.21. The van der Waals surface area contributed by atoms with Crippen molar-refractivity contribution in [3.8, 4) is 5.75 Å². The van der Waals surface area contributed by atoms with Gasteiger partial charge in [-0.15, -0.1) is 0 Å². The Morgan fingerprint density at radius 2 is 1.96 bits per heavy atom. The molecular weight excluding hydrogens is 345 g/mol. The number of rotatable bonds is 5. The maximum absolute atomic E-state index is 13.2. The van der Waals surface area contributed by atoms with Gasteiger partial charge in [-0.3, -0.25) is 0 Å². The Morgan fingerprint density at radius 1 is 1.19 bits per heavy atom. The minimum Gasteiger partial charge on any atom is -0.497 e. The molecule has 138 valence electrons. The van der Waals surface area contributed by atoms with Gasteiger partial charge in [0.05, 0.1) is 12.7 Å². The first-order valence-corrected chi connectivity index (χ1v) is 8.22. The highest BCUT2D eigenvalue weighted by atomic mass is 19.4. The third kappa shape index (κ3) is 3.92. The second kappa shape index (κ2) is 7.27. The van der Waals surface area contributed by atoms with Gasteiger partial charge in [-0.05, 0) is 35.2 Å². The number of amides is 2. The van der Waals surface area contributed by atoms with Gasteiger partial charge >= 0.3 is 12.2 Å². The van der Waals surface area contributed by atoms with Crippen molar-refractivity contribution in [3.63, 3.8) is 0 Å². The molecule has 0 aliphatic heterocycles. The molecule has 0 aromatic heterocycles. The first-order valence-electron chi connectivity index (χ1n) is 8.22. The first-order chi connectivity index (χ1) is 12.4. The highest BCUT2D eigenvalue weighted by Gasteiger charge is 2.34. The molecule has 1 atom stereocenters. The van der Waals surface area contributed by atoms with E-state index >= 15 is 0 Å². The fourth-order valence-corrected chi connectivity index (χ4v) is 3.10. The Morgan fingerprint density at radius 3 is 2.65 bits per heavy atom. The second-order valence-electron chi connectivity index (χ2n) is 6.18. The van der Waals surface area contributed by atoms with Crippen molar-refractivity contribution in [1.29, 1.82) is 0 Å². The summed E-state index contributed by atoms with van der Waals surface area (Å²) >= 11 is 0. The highest BCUT2D eigenvalue weighted by Crippen LogP contribution is 2.35. The van der Waals surface area contributed by atoms with Crippen molar-refractivity contribution in [2.45, 2.75) is 25.1 Å². The number of hydrogen-bond acceptors (Lipinski definition) is 2. The molecule has 1 aliphatic carbocycles. The molecule has 3 rings (SSSR count). The van der Waals surface area contributed by atoms with E-state index in [1.807, 2.05) is 24.3 Å². The smallest absolute Gasteiger partial charge is 0.416 e. The molecule has 0 unspecified atom stereocenters. The summed E-state index contributed by atoms with van der Waals surface area (Å²) in [6.45, 7) is 0.240. The largest absolute Gasteiger partial charge is 0.497 e. The normalized spacial score (nSPS) is 15.6.